The number of rotatable bonds is 5. The van der Waals surface area contributed by atoms with Crippen LogP contribution in [0, 0.1) is 0 Å². The summed E-state index contributed by atoms with van der Waals surface area (Å²) in [6.45, 7) is 4.13. The number of hydrogen-bond acceptors (Lipinski definition) is 1. The maximum absolute atomic E-state index is 12.3. The van der Waals surface area contributed by atoms with Crippen LogP contribution in [0.3, 0.4) is 0 Å². The van der Waals surface area contributed by atoms with Gasteiger partial charge in [-0.2, -0.15) is 0 Å². The first-order valence-corrected chi connectivity index (χ1v) is 8.11. The van der Waals surface area contributed by atoms with Crippen LogP contribution < -0.4 is 5.32 Å². The van der Waals surface area contributed by atoms with Gasteiger partial charge in [-0.15, -0.1) is 0 Å². The van der Waals surface area contributed by atoms with Crippen LogP contribution in [0.25, 0.3) is 0 Å². The molecule has 0 aliphatic carbocycles. The van der Waals surface area contributed by atoms with Crippen molar-refractivity contribution in [3.05, 3.63) is 33.3 Å². The van der Waals surface area contributed by atoms with Crippen LogP contribution in [0.1, 0.15) is 37.0 Å². The van der Waals surface area contributed by atoms with Crippen molar-refractivity contribution in [1.82, 2.24) is 5.32 Å². The number of amides is 1. The van der Waals surface area contributed by atoms with Gasteiger partial charge >= 0.3 is 0 Å². The molecule has 1 rings (SSSR count). The first kappa shape index (κ1) is 16.0. The van der Waals surface area contributed by atoms with E-state index in [9.17, 15) is 4.79 Å². The maximum atomic E-state index is 12.3. The molecular formula is C13H16Br2ClNO. The van der Waals surface area contributed by atoms with Gasteiger partial charge in [-0.25, -0.2) is 0 Å². The molecular weight excluding hydrogens is 381 g/mol. The van der Waals surface area contributed by atoms with Crippen molar-refractivity contribution >= 4 is 49.4 Å². The molecule has 0 spiro atoms. The van der Waals surface area contributed by atoms with E-state index in [1.165, 1.54) is 0 Å². The Balaban J connectivity index is 2.98. The fraction of sp³-hybridized carbons (Fsp3) is 0.462. The van der Waals surface area contributed by atoms with E-state index in [-0.39, 0.29) is 11.4 Å². The van der Waals surface area contributed by atoms with E-state index in [0.29, 0.717) is 10.6 Å². The van der Waals surface area contributed by atoms with Gasteiger partial charge in [0.05, 0.1) is 10.6 Å². The van der Waals surface area contributed by atoms with E-state index in [2.05, 4.69) is 51.0 Å². The fourth-order valence-corrected chi connectivity index (χ4v) is 3.15. The van der Waals surface area contributed by atoms with Gasteiger partial charge in [0.2, 0.25) is 0 Å². The molecule has 0 aliphatic rings. The molecule has 100 valence electrons. The third-order valence-electron chi connectivity index (χ3n) is 3.18. The standard InChI is InChI=1S/C13H16Br2ClNO/c1-3-13(4-2,8-14)17-12(18)9-6-5-7-10(15)11(9)16/h5-7H,3-4,8H2,1-2H3,(H,17,18). The lowest BCUT2D eigenvalue weighted by molar-refractivity contribution is 0.0904. The summed E-state index contributed by atoms with van der Waals surface area (Å²) in [7, 11) is 0. The zero-order valence-corrected chi connectivity index (χ0v) is 14.3. The minimum Gasteiger partial charge on any atom is -0.346 e. The molecule has 1 aromatic rings. The van der Waals surface area contributed by atoms with Gasteiger partial charge in [-0.05, 0) is 40.9 Å². The Hall–Kier alpha value is -0.0600. The zero-order valence-electron chi connectivity index (χ0n) is 10.4. The van der Waals surface area contributed by atoms with Crippen molar-refractivity contribution in [2.75, 3.05) is 5.33 Å². The second-order valence-corrected chi connectivity index (χ2v) is 5.97. The minimum atomic E-state index is -0.220. The van der Waals surface area contributed by atoms with Gasteiger partial charge in [0.1, 0.15) is 0 Å². The lowest BCUT2D eigenvalue weighted by atomic mass is 9.95. The quantitative estimate of drug-likeness (QED) is 0.712. The summed E-state index contributed by atoms with van der Waals surface area (Å²) in [5.41, 5.74) is 0.279. The lowest BCUT2D eigenvalue weighted by Gasteiger charge is -2.31. The van der Waals surface area contributed by atoms with Crippen molar-refractivity contribution in [1.29, 1.82) is 0 Å². The molecule has 1 N–H and O–H groups in total. The van der Waals surface area contributed by atoms with Gasteiger partial charge in [-0.1, -0.05) is 47.4 Å². The van der Waals surface area contributed by atoms with Crippen LogP contribution in [0.4, 0.5) is 0 Å². The maximum Gasteiger partial charge on any atom is 0.253 e. The van der Waals surface area contributed by atoms with E-state index < -0.39 is 0 Å². The second kappa shape index (κ2) is 6.92. The van der Waals surface area contributed by atoms with E-state index in [0.717, 1.165) is 22.6 Å². The molecule has 5 heteroatoms. The predicted octanol–water partition coefficient (Wildman–Crippen LogP) is 4.79. The van der Waals surface area contributed by atoms with Crippen LogP contribution >= 0.6 is 43.5 Å². The van der Waals surface area contributed by atoms with E-state index in [4.69, 9.17) is 11.6 Å². The molecule has 0 atom stereocenters. The molecule has 0 radical (unpaired) electrons. The van der Waals surface area contributed by atoms with Crippen LogP contribution in [0.5, 0.6) is 0 Å². The highest BCUT2D eigenvalue weighted by Gasteiger charge is 2.28. The summed E-state index contributed by atoms with van der Waals surface area (Å²) >= 11 is 12.9. The molecule has 0 fully saturated rings. The molecule has 0 saturated carbocycles. The van der Waals surface area contributed by atoms with Gasteiger partial charge in [0.25, 0.3) is 5.91 Å². The van der Waals surface area contributed by atoms with Crippen LogP contribution in [-0.4, -0.2) is 16.8 Å². The summed E-state index contributed by atoms with van der Waals surface area (Å²) in [5.74, 6) is -0.135. The largest absolute Gasteiger partial charge is 0.346 e. The molecule has 1 aromatic carbocycles. The number of hydrogen-bond donors (Lipinski definition) is 1. The number of carbonyl (C=O) groups excluding carboxylic acids is 1. The molecule has 0 bridgehead atoms. The normalized spacial score (nSPS) is 11.4. The third-order valence-corrected chi connectivity index (χ3v) is 5.55. The van der Waals surface area contributed by atoms with Crippen molar-refractivity contribution < 1.29 is 4.79 Å². The average molecular weight is 398 g/mol. The summed E-state index contributed by atoms with van der Waals surface area (Å²) in [6.07, 6.45) is 1.73. The van der Waals surface area contributed by atoms with Crippen molar-refractivity contribution in [3.63, 3.8) is 0 Å². The Morgan fingerprint density at radius 3 is 2.50 bits per heavy atom. The molecule has 0 aromatic heterocycles. The lowest BCUT2D eigenvalue weighted by Crippen LogP contribution is -2.49. The van der Waals surface area contributed by atoms with Gasteiger partial charge in [0, 0.05) is 15.3 Å². The van der Waals surface area contributed by atoms with E-state index in [1.807, 2.05) is 6.07 Å². The zero-order chi connectivity index (χ0) is 13.8. The van der Waals surface area contributed by atoms with Crippen LogP contribution in [0.15, 0.2) is 22.7 Å². The fourth-order valence-electron chi connectivity index (χ4n) is 1.64. The summed E-state index contributed by atoms with van der Waals surface area (Å²) in [6, 6.07) is 5.35. The highest BCUT2D eigenvalue weighted by molar-refractivity contribution is 9.10. The van der Waals surface area contributed by atoms with Gasteiger partial charge in [0.15, 0.2) is 0 Å². The number of halogens is 3. The van der Waals surface area contributed by atoms with Crippen molar-refractivity contribution in [2.24, 2.45) is 0 Å². The molecule has 18 heavy (non-hydrogen) atoms. The van der Waals surface area contributed by atoms with E-state index >= 15 is 0 Å². The third kappa shape index (κ3) is 3.49. The Labute approximate surface area is 130 Å². The molecule has 1 amide bonds. The Bertz CT molecular complexity index is 425. The monoisotopic (exact) mass is 395 g/mol. The molecule has 2 nitrogen and oxygen atoms in total. The van der Waals surface area contributed by atoms with Crippen molar-refractivity contribution in [2.45, 2.75) is 32.2 Å². The summed E-state index contributed by atoms with van der Waals surface area (Å²) in [5, 5.41) is 4.25. The average Bonchev–Trinajstić information content (AvgIpc) is 2.39. The van der Waals surface area contributed by atoms with Gasteiger partial charge < -0.3 is 5.32 Å². The Morgan fingerprint density at radius 1 is 1.39 bits per heavy atom. The second-order valence-electron chi connectivity index (χ2n) is 4.18. The number of nitrogens with one attached hydrogen (secondary N) is 1. The number of benzene rings is 1. The summed E-state index contributed by atoms with van der Waals surface area (Å²) < 4.78 is 0.731. The first-order chi connectivity index (χ1) is 8.49. The topological polar surface area (TPSA) is 29.1 Å². The molecule has 0 saturated heterocycles. The van der Waals surface area contributed by atoms with Gasteiger partial charge in [-0.3, -0.25) is 4.79 Å². The summed E-state index contributed by atoms with van der Waals surface area (Å²) in [4.78, 5) is 12.3. The van der Waals surface area contributed by atoms with E-state index in [1.54, 1.807) is 12.1 Å². The highest BCUT2D eigenvalue weighted by atomic mass is 79.9. The minimum absolute atomic E-state index is 0.135. The molecule has 0 aliphatic heterocycles. The number of alkyl halides is 1. The Morgan fingerprint density at radius 2 is 2.00 bits per heavy atom. The van der Waals surface area contributed by atoms with Crippen molar-refractivity contribution in [3.8, 4) is 0 Å². The molecule has 0 unspecified atom stereocenters. The first-order valence-electron chi connectivity index (χ1n) is 5.82. The number of carbonyl (C=O) groups is 1. The van der Waals surface area contributed by atoms with Crippen LogP contribution in [0.2, 0.25) is 5.02 Å². The SMILES string of the molecule is CCC(CC)(CBr)NC(=O)c1cccc(Br)c1Cl. The smallest absolute Gasteiger partial charge is 0.253 e. The van der Waals surface area contributed by atoms with Crippen LogP contribution in [-0.2, 0) is 0 Å². The molecule has 0 heterocycles. The predicted molar refractivity (Wildman–Crippen MR) is 83.7 cm³/mol. The Kier molecular flexibility index (Phi) is 6.15. The highest BCUT2D eigenvalue weighted by Crippen LogP contribution is 2.27.